The van der Waals surface area contributed by atoms with Crippen molar-refractivity contribution < 1.29 is 23.7 Å². The molecule has 0 aliphatic heterocycles. The Morgan fingerprint density at radius 2 is 1.43 bits per heavy atom. The van der Waals surface area contributed by atoms with Gasteiger partial charge in [-0.25, -0.2) is 0 Å². The van der Waals surface area contributed by atoms with Crippen LogP contribution in [-0.4, -0.2) is 27.1 Å². The van der Waals surface area contributed by atoms with E-state index in [1.54, 1.807) is 38.5 Å². The first-order chi connectivity index (χ1) is 14.6. The molecular formula is C25H24O5. The summed E-state index contributed by atoms with van der Waals surface area (Å²) in [4.78, 5) is 12.5. The Morgan fingerprint density at radius 1 is 0.767 bits per heavy atom. The van der Waals surface area contributed by atoms with Gasteiger partial charge in [0.05, 0.1) is 21.3 Å². The van der Waals surface area contributed by atoms with E-state index in [1.165, 1.54) is 13.2 Å². The second kappa shape index (κ2) is 10.2. The van der Waals surface area contributed by atoms with Crippen molar-refractivity contribution in [3.8, 4) is 23.0 Å². The lowest BCUT2D eigenvalue weighted by molar-refractivity contribution is 0.104. The minimum Gasteiger partial charge on any atom is -0.493 e. The summed E-state index contributed by atoms with van der Waals surface area (Å²) in [5, 5.41) is 0. The minimum absolute atomic E-state index is 0.140. The number of allylic oxidation sites excluding steroid dienone is 1. The van der Waals surface area contributed by atoms with Gasteiger partial charge in [-0.2, -0.15) is 0 Å². The molecule has 3 rings (SSSR count). The van der Waals surface area contributed by atoms with Crippen LogP contribution < -0.4 is 18.9 Å². The van der Waals surface area contributed by atoms with Crippen LogP contribution in [0, 0.1) is 0 Å². The molecule has 0 aliphatic carbocycles. The first-order valence-electron chi connectivity index (χ1n) is 9.44. The maximum absolute atomic E-state index is 12.5. The SMILES string of the molecule is COc1ccc(C(=O)/C=C/c2ccc(OCc3ccccc3)c(OC)c2)cc1OC. The van der Waals surface area contributed by atoms with Crippen molar-refractivity contribution in [2.45, 2.75) is 6.61 Å². The molecule has 5 nitrogen and oxygen atoms in total. The molecule has 0 N–H and O–H groups in total. The number of carbonyl (C=O) groups is 1. The van der Waals surface area contributed by atoms with E-state index in [9.17, 15) is 4.79 Å². The number of rotatable bonds is 9. The maximum atomic E-state index is 12.5. The van der Waals surface area contributed by atoms with E-state index < -0.39 is 0 Å². The molecular weight excluding hydrogens is 380 g/mol. The lowest BCUT2D eigenvalue weighted by atomic mass is 10.1. The van der Waals surface area contributed by atoms with Crippen molar-refractivity contribution in [1.29, 1.82) is 0 Å². The van der Waals surface area contributed by atoms with E-state index in [4.69, 9.17) is 18.9 Å². The van der Waals surface area contributed by atoms with Crippen molar-refractivity contribution in [2.75, 3.05) is 21.3 Å². The molecule has 0 unspecified atom stereocenters. The summed E-state index contributed by atoms with van der Waals surface area (Å²) in [7, 11) is 4.68. The summed E-state index contributed by atoms with van der Waals surface area (Å²) in [6.45, 7) is 0.449. The quantitative estimate of drug-likeness (QED) is 0.363. The molecule has 0 atom stereocenters. The molecule has 0 saturated carbocycles. The number of ketones is 1. The Hall–Kier alpha value is -3.73. The van der Waals surface area contributed by atoms with Crippen molar-refractivity contribution in [3.05, 3.63) is 89.5 Å². The van der Waals surface area contributed by atoms with Gasteiger partial charge in [0.2, 0.25) is 0 Å². The zero-order valence-electron chi connectivity index (χ0n) is 17.3. The molecule has 5 heteroatoms. The topological polar surface area (TPSA) is 54.0 Å². The Labute approximate surface area is 176 Å². The van der Waals surface area contributed by atoms with Gasteiger partial charge in [0.25, 0.3) is 0 Å². The average Bonchev–Trinajstić information content (AvgIpc) is 2.81. The summed E-state index contributed by atoms with van der Waals surface area (Å²) < 4.78 is 21.8. The van der Waals surface area contributed by atoms with Gasteiger partial charge in [-0.15, -0.1) is 0 Å². The number of ether oxygens (including phenoxy) is 4. The Morgan fingerprint density at radius 3 is 2.13 bits per heavy atom. The van der Waals surface area contributed by atoms with Crippen LogP contribution in [0.2, 0.25) is 0 Å². The van der Waals surface area contributed by atoms with Crippen LogP contribution in [0.5, 0.6) is 23.0 Å². The molecule has 0 aliphatic rings. The number of hydrogen-bond donors (Lipinski definition) is 0. The van der Waals surface area contributed by atoms with Crippen LogP contribution >= 0.6 is 0 Å². The summed E-state index contributed by atoms with van der Waals surface area (Å²) in [6, 6.07) is 20.5. The Kier molecular flexibility index (Phi) is 7.11. The van der Waals surface area contributed by atoms with Crippen molar-refractivity contribution in [2.24, 2.45) is 0 Å². The second-order valence-corrected chi connectivity index (χ2v) is 6.45. The second-order valence-electron chi connectivity index (χ2n) is 6.45. The normalized spacial score (nSPS) is 10.6. The summed E-state index contributed by atoms with van der Waals surface area (Å²) >= 11 is 0. The van der Waals surface area contributed by atoms with Gasteiger partial charge in [-0.3, -0.25) is 4.79 Å². The van der Waals surface area contributed by atoms with Crippen LogP contribution in [0.25, 0.3) is 6.08 Å². The highest BCUT2D eigenvalue weighted by atomic mass is 16.5. The predicted molar refractivity (Wildman–Crippen MR) is 117 cm³/mol. The van der Waals surface area contributed by atoms with Gasteiger partial charge in [0.15, 0.2) is 28.8 Å². The fourth-order valence-electron chi connectivity index (χ4n) is 2.90. The van der Waals surface area contributed by atoms with Crippen LogP contribution in [0.1, 0.15) is 21.5 Å². The van der Waals surface area contributed by atoms with Crippen molar-refractivity contribution in [1.82, 2.24) is 0 Å². The number of hydrogen-bond acceptors (Lipinski definition) is 5. The van der Waals surface area contributed by atoms with Gasteiger partial charge in [0, 0.05) is 5.56 Å². The number of benzene rings is 3. The van der Waals surface area contributed by atoms with Crippen molar-refractivity contribution in [3.63, 3.8) is 0 Å². The van der Waals surface area contributed by atoms with Crippen LogP contribution in [0.4, 0.5) is 0 Å². The van der Waals surface area contributed by atoms with Crippen LogP contribution in [-0.2, 0) is 6.61 Å². The Balaban J connectivity index is 1.71. The van der Waals surface area contributed by atoms with E-state index >= 15 is 0 Å². The van der Waals surface area contributed by atoms with Crippen LogP contribution in [0.3, 0.4) is 0 Å². The van der Waals surface area contributed by atoms with Gasteiger partial charge in [-0.1, -0.05) is 42.5 Å². The molecule has 3 aromatic rings. The number of methoxy groups -OCH3 is 3. The first kappa shape index (κ1) is 21.0. The molecule has 0 aromatic heterocycles. The molecule has 0 saturated heterocycles. The lowest BCUT2D eigenvalue weighted by Crippen LogP contribution is -1.98. The lowest BCUT2D eigenvalue weighted by Gasteiger charge is -2.11. The minimum atomic E-state index is -0.140. The molecule has 0 bridgehead atoms. The fraction of sp³-hybridized carbons (Fsp3) is 0.160. The maximum Gasteiger partial charge on any atom is 0.185 e. The molecule has 0 spiro atoms. The Bertz CT molecular complexity index is 1020. The average molecular weight is 404 g/mol. The van der Waals surface area contributed by atoms with Crippen LogP contribution in [0.15, 0.2) is 72.8 Å². The highest BCUT2D eigenvalue weighted by Crippen LogP contribution is 2.30. The van der Waals surface area contributed by atoms with E-state index in [0.29, 0.717) is 35.2 Å². The monoisotopic (exact) mass is 404 g/mol. The van der Waals surface area contributed by atoms with Crippen molar-refractivity contribution >= 4 is 11.9 Å². The number of carbonyl (C=O) groups excluding carboxylic acids is 1. The van der Waals surface area contributed by atoms with E-state index in [1.807, 2.05) is 48.5 Å². The molecule has 0 fully saturated rings. The summed E-state index contributed by atoms with van der Waals surface area (Å²) in [5.41, 5.74) is 2.41. The van der Waals surface area contributed by atoms with E-state index in [2.05, 4.69) is 0 Å². The van der Waals surface area contributed by atoms with Gasteiger partial charge in [-0.05, 0) is 47.5 Å². The zero-order valence-corrected chi connectivity index (χ0v) is 17.3. The summed E-state index contributed by atoms with van der Waals surface area (Å²) in [5.74, 6) is 2.20. The van der Waals surface area contributed by atoms with Gasteiger partial charge >= 0.3 is 0 Å². The third kappa shape index (κ3) is 5.20. The smallest absolute Gasteiger partial charge is 0.185 e. The molecule has 3 aromatic carbocycles. The highest BCUT2D eigenvalue weighted by molar-refractivity contribution is 6.07. The highest BCUT2D eigenvalue weighted by Gasteiger charge is 2.09. The molecule has 30 heavy (non-hydrogen) atoms. The largest absolute Gasteiger partial charge is 0.493 e. The standard InChI is InChI=1S/C25H24O5/c1-27-22-14-11-20(16-25(22)29-3)21(26)12-9-18-10-13-23(24(15-18)28-2)30-17-19-7-5-4-6-8-19/h4-16H,17H2,1-3H3/b12-9+. The summed E-state index contributed by atoms with van der Waals surface area (Å²) in [6.07, 6.45) is 3.25. The van der Waals surface area contributed by atoms with E-state index in [-0.39, 0.29) is 5.78 Å². The molecule has 0 radical (unpaired) electrons. The van der Waals surface area contributed by atoms with Gasteiger partial charge in [0.1, 0.15) is 6.61 Å². The fourth-order valence-corrected chi connectivity index (χ4v) is 2.90. The van der Waals surface area contributed by atoms with Gasteiger partial charge < -0.3 is 18.9 Å². The zero-order chi connectivity index (χ0) is 21.3. The predicted octanol–water partition coefficient (Wildman–Crippen LogP) is 5.19. The molecule has 0 heterocycles. The van der Waals surface area contributed by atoms with E-state index in [0.717, 1.165) is 11.1 Å². The first-order valence-corrected chi connectivity index (χ1v) is 9.44. The third-order valence-corrected chi connectivity index (χ3v) is 4.52. The molecule has 0 amide bonds. The third-order valence-electron chi connectivity index (χ3n) is 4.52. The molecule has 154 valence electrons.